The molecule has 2 aromatic rings. The van der Waals surface area contributed by atoms with Gasteiger partial charge in [0.2, 0.25) is 0 Å². The van der Waals surface area contributed by atoms with E-state index in [1.165, 1.54) is 24.1 Å². The van der Waals surface area contributed by atoms with E-state index in [2.05, 4.69) is 79.4 Å². The summed E-state index contributed by atoms with van der Waals surface area (Å²) in [5.74, 6) is 0. The van der Waals surface area contributed by atoms with Crippen molar-refractivity contribution in [2.24, 2.45) is 0 Å². The number of hydrogen-bond donors (Lipinski definition) is 0. The minimum absolute atomic E-state index is 0.160. The van der Waals surface area contributed by atoms with E-state index in [1.54, 1.807) is 0 Å². The third kappa shape index (κ3) is 2.27. The van der Waals surface area contributed by atoms with Crippen LogP contribution >= 0.6 is 0 Å². The molecule has 0 atom stereocenters. The lowest BCUT2D eigenvalue weighted by Crippen LogP contribution is -2.35. The van der Waals surface area contributed by atoms with E-state index >= 15 is 0 Å². The summed E-state index contributed by atoms with van der Waals surface area (Å²) in [4.78, 5) is 2.60. The summed E-state index contributed by atoms with van der Waals surface area (Å²) >= 11 is 0. The van der Waals surface area contributed by atoms with Gasteiger partial charge in [0.15, 0.2) is 0 Å². The Bertz CT molecular complexity index is 505. The van der Waals surface area contributed by atoms with Crippen LogP contribution in [0.5, 0.6) is 0 Å². The normalized spacial score (nSPS) is 18.6. The van der Waals surface area contributed by atoms with Crippen molar-refractivity contribution in [3.8, 4) is 0 Å². The van der Waals surface area contributed by atoms with E-state index < -0.39 is 0 Å². The zero-order valence-electron chi connectivity index (χ0n) is 12.4. The quantitative estimate of drug-likeness (QED) is 0.808. The minimum Gasteiger partial charge on any atom is -0.300 e. The summed E-state index contributed by atoms with van der Waals surface area (Å²) in [6.45, 7) is 6.90. The molecule has 1 fully saturated rings. The highest BCUT2D eigenvalue weighted by Gasteiger charge is 2.41. The summed E-state index contributed by atoms with van der Waals surface area (Å²) < 4.78 is 0. The lowest BCUT2D eigenvalue weighted by molar-refractivity contribution is 0.263. The minimum atomic E-state index is 0.160. The molecule has 104 valence electrons. The number of nitrogens with zero attached hydrogens (tertiary/aromatic N) is 1. The van der Waals surface area contributed by atoms with E-state index in [9.17, 15) is 0 Å². The fraction of sp³-hybridized carbons (Fsp3) is 0.368. The maximum atomic E-state index is 2.60. The van der Waals surface area contributed by atoms with E-state index in [0.717, 1.165) is 6.54 Å². The van der Waals surface area contributed by atoms with Crippen LogP contribution in [0.15, 0.2) is 60.7 Å². The zero-order chi connectivity index (χ0) is 14.0. The number of hydrogen-bond acceptors (Lipinski definition) is 1. The van der Waals surface area contributed by atoms with Gasteiger partial charge in [0.05, 0.1) is 0 Å². The molecule has 20 heavy (non-hydrogen) atoms. The topological polar surface area (TPSA) is 3.24 Å². The summed E-state index contributed by atoms with van der Waals surface area (Å²) in [5, 5.41) is 0. The van der Waals surface area contributed by atoms with Crippen molar-refractivity contribution in [3.05, 3.63) is 71.8 Å². The second-order valence-electron chi connectivity index (χ2n) is 6.13. The fourth-order valence-electron chi connectivity index (χ4n) is 3.43. The molecule has 1 nitrogen and oxygen atoms in total. The highest BCUT2D eigenvalue weighted by Crippen LogP contribution is 2.41. The highest BCUT2D eigenvalue weighted by atomic mass is 15.2. The molecule has 0 unspecified atom stereocenters. The Hall–Kier alpha value is -1.60. The molecule has 0 radical (unpaired) electrons. The van der Waals surface area contributed by atoms with Gasteiger partial charge >= 0.3 is 0 Å². The lowest BCUT2D eigenvalue weighted by Gasteiger charge is -2.32. The summed E-state index contributed by atoms with van der Waals surface area (Å²) in [7, 11) is 0. The largest absolute Gasteiger partial charge is 0.300 e. The van der Waals surface area contributed by atoms with Gasteiger partial charge in [-0.25, -0.2) is 0 Å². The third-order valence-corrected chi connectivity index (χ3v) is 4.68. The molecule has 2 aromatic carbocycles. The average Bonchev–Trinajstić information content (AvgIpc) is 2.96. The van der Waals surface area contributed by atoms with Crippen LogP contribution in [0.25, 0.3) is 0 Å². The Morgan fingerprint density at radius 2 is 1.35 bits per heavy atom. The Morgan fingerprint density at radius 1 is 0.850 bits per heavy atom. The summed E-state index contributed by atoms with van der Waals surface area (Å²) in [6, 6.07) is 22.6. The van der Waals surface area contributed by atoms with Crippen molar-refractivity contribution in [2.45, 2.75) is 31.7 Å². The molecule has 1 aliphatic heterocycles. The Kier molecular flexibility index (Phi) is 3.62. The zero-order valence-corrected chi connectivity index (χ0v) is 12.4. The van der Waals surface area contributed by atoms with E-state index in [0.29, 0.717) is 6.04 Å². The Balaban J connectivity index is 2.06. The first-order valence-electron chi connectivity index (χ1n) is 7.57. The van der Waals surface area contributed by atoms with Crippen LogP contribution in [-0.2, 0) is 5.41 Å². The molecule has 0 bridgehead atoms. The molecule has 1 heterocycles. The van der Waals surface area contributed by atoms with Crippen LogP contribution < -0.4 is 0 Å². The van der Waals surface area contributed by atoms with Crippen LogP contribution in [0.2, 0.25) is 0 Å². The molecular formula is C19H23N. The van der Waals surface area contributed by atoms with Gasteiger partial charge in [0.1, 0.15) is 0 Å². The molecule has 0 saturated carbocycles. The summed E-state index contributed by atoms with van der Waals surface area (Å²) in [6.07, 6.45) is 1.21. The Labute approximate surface area is 122 Å². The van der Waals surface area contributed by atoms with Crippen molar-refractivity contribution in [1.82, 2.24) is 4.90 Å². The third-order valence-electron chi connectivity index (χ3n) is 4.68. The maximum Gasteiger partial charge on any atom is 0.0342 e. The SMILES string of the molecule is CC(C)N1CCC(c2ccccc2)(c2ccccc2)C1. The number of likely N-dealkylation sites (tertiary alicyclic amines) is 1. The summed E-state index contributed by atoms with van der Waals surface area (Å²) in [5.41, 5.74) is 3.07. The van der Waals surface area contributed by atoms with Gasteiger partial charge in [-0.15, -0.1) is 0 Å². The molecule has 0 aliphatic carbocycles. The second kappa shape index (κ2) is 5.41. The predicted octanol–water partition coefficient (Wildman–Crippen LogP) is 4.09. The van der Waals surface area contributed by atoms with Crippen molar-refractivity contribution in [3.63, 3.8) is 0 Å². The van der Waals surface area contributed by atoms with E-state index in [-0.39, 0.29) is 5.41 Å². The molecule has 0 aromatic heterocycles. The maximum absolute atomic E-state index is 2.60. The van der Waals surface area contributed by atoms with Crippen LogP contribution in [0.3, 0.4) is 0 Å². The highest BCUT2D eigenvalue weighted by molar-refractivity contribution is 5.41. The smallest absolute Gasteiger partial charge is 0.0342 e. The standard InChI is InChI=1S/C19H23N/c1-16(2)20-14-13-19(15-20,17-9-5-3-6-10-17)18-11-7-4-8-12-18/h3-12,16H,13-15H2,1-2H3. The van der Waals surface area contributed by atoms with Crippen molar-refractivity contribution in [2.75, 3.05) is 13.1 Å². The van der Waals surface area contributed by atoms with Crippen LogP contribution in [0.4, 0.5) is 0 Å². The van der Waals surface area contributed by atoms with Gasteiger partial charge in [-0.05, 0) is 37.9 Å². The Morgan fingerprint density at radius 3 is 1.75 bits per heavy atom. The van der Waals surface area contributed by atoms with Crippen molar-refractivity contribution in [1.29, 1.82) is 0 Å². The predicted molar refractivity (Wildman–Crippen MR) is 85.0 cm³/mol. The van der Waals surface area contributed by atoms with Gasteiger partial charge in [-0.2, -0.15) is 0 Å². The van der Waals surface area contributed by atoms with Crippen molar-refractivity contribution < 1.29 is 0 Å². The van der Waals surface area contributed by atoms with Crippen molar-refractivity contribution >= 4 is 0 Å². The van der Waals surface area contributed by atoms with E-state index in [4.69, 9.17) is 0 Å². The van der Waals surface area contributed by atoms with Crippen LogP contribution in [-0.4, -0.2) is 24.0 Å². The van der Waals surface area contributed by atoms with Gasteiger partial charge < -0.3 is 0 Å². The first-order valence-corrected chi connectivity index (χ1v) is 7.57. The number of rotatable bonds is 3. The molecule has 1 aliphatic rings. The van der Waals surface area contributed by atoms with Crippen LogP contribution in [0.1, 0.15) is 31.4 Å². The molecule has 1 saturated heterocycles. The molecule has 0 spiro atoms. The average molecular weight is 265 g/mol. The molecule has 3 rings (SSSR count). The van der Waals surface area contributed by atoms with Gasteiger partial charge in [0.25, 0.3) is 0 Å². The molecule has 0 N–H and O–H groups in total. The monoisotopic (exact) mass is 265 g/mol. The van der Waals surface area contributed by atoms with Gasteiger partial charge in [0, 0.05) is 18.0 Å². The first kappa shape index (κ1) is 13.4. The number of benzene rings is 2. The van der Waals surface area contributed by atoms with Gasteiger partial charge in [-0.1, -0.05) is 60.7 Å². The second-order valence-corrected chi connectivity index (χ2v) is 6.13. The fourth-order valence-corrected chi connectivity index (χ4v) is 3.43. The lowest BCUT2D eigenvalue weighted by atomic mass is 9.74. The molecular weight excluding hydrogens is 242 g/mol. The van der Waals surface area contributed by atoms with E-state index in [1.807, 2.05) is 0 Å². The first-order chi connectivity index (χ1) is 9.72. The van der Waals surface area contributed by atoms with Gasteiger partial charge in [-0.3, -0.25) is 4.90 Å². The van der Waals surface area contributed by atoms with Crippen LogP contribution in [0, 0.1) is 0 Å². The molecule has 0 amide bonds. The molecule has 1 heteroatoms.